The number of carboxylic acids is 1. The second kappa shape index (κ2) is 2.82. The lowest BCUT2D eigenvalue weighted by molar-refractivity contribution is -0.303. The summed E-state index contributed by atoms with van der Waals surface area (Å²) in [5.41, 5.74) is -1.45. The van der Waals surface area contributed by atoms with Gasteiger partial charge in [0, 0.05) is 0 Å². The lowest BCUT2D eigenvalue weighted by atomic mass is 9.92. The van der Waals surface area contributed by atoms with E-state index in [-0.39, 0.29) is 0 Å². The number of nitrogens with two attached hydrogens (primary N) is 1. The molecule has 3 nitrogen and oxygen atoms in total. The highest BCUT2D eigenvalue weighted by molar-refractivity contribution is 5.83. The van der Waals surface area contributed by atoms with Crippen LogP contribution in [0.15, 0.2) is 0 Å². The van der Waals surface area contributed by atoms with E-state index in [1.54, 1.807) is 0 Å². The molecular weight excluding hydrogens is 270 g/mol. The Morgan fingerprint density at radius 1 is 0.765 bits per heavy atom. The Labute approximate surface area is 87.2 Å². The maximum Gasteiger partial charge on any atom is 0.381 e. The Hall–Kier alpha value is -1.13. The fourth-order valence-corrected chi connectivity index (χ4v) is 1.36. The van der Waals surface area contributed by atoms with Crippen molar-refractivity contribution in [3.8, 4) is 0 Å². The van der Waals surface area contributed by atoms with Crippen molar-refractivity contribution in [3.63, 3.8) is 0 Å². The summed E-state index contributed by atoms with van der Waals surface area (Å²) < 4.78 is 101. The van der Waals surface area contributed by atoms with Crippen LogP contribution in [0, 0.1) is 0 Å². The number of carboxylic acid groups (broad SMARTS) is 1. The van der Waals surface area contributed by atoms with E-state index in [9.17, 15) is 39.9 Å². The highest BCUT2D eigenvalue weighted by atomic mass is 19.4. The van der Waals surface area contributed by atoms with Crippen LogP contribution in [-0.2, 0) is 4.79 Å². The average Bonchev–Trinajstić information content (AvgIpc) is 2.17. The van der Waals surface area contributed by atoms with E-state index in [0.717, 1.165) is 0 Å². The maximum absolute atomic E-state index is 12.8. The minimum absolute atomic E-state index is 3.36. The van der Waals surface area contributed by atoms with Crippen LogP contribution < -0.4 is 5.73 Å². The monoisotopic (exact) mass is 273 g/mol. The standard InChI is InChI=1S/C6H3F8NO2/c7-3(8)2(15,1(16)17)4(9,10)6(13,14)5(3,11)12/h15H2,(H,16,17). The number of aliphatic carboxylic acids is 1. The maximum atomic E-state index is 12.8. The Bertz CT molecular complexity index is 352. The van der Waals surface area contributed by atoms with E-state index >= 15 is 0 Å². The van der Waals surface area contributed by atoms with Crippen molar-refractivity contribution in [2.75, 3.05) is 0 Å². The van der Waals surface area contributed by atoms with Crippen LogP contribution in [0.25, 0.3) is 0 Å². The van der Waals surface area contributed by atoms with Crippen molar-refractivity contribution in [2.24, 2.45) is 5.73 Å². The van der Waals surface area contributed by atoms with Crippen molar-refractivity contribution in [1.29, 1.82) is 0 Å². The molecule has 0 aromatic rings. The molecule has 0 atom stereocenters. The van der Waals surface area contributed by atoms with Crippen molar-refractivity contribution >= 4 is 5.97 Å². The van der Waals surface area contributed by atoms with Gasteiger partial charge < -0.3 is 10.8 Å². The summed E-state index contributed by atoms with van der Waals surface area (Å²) in [5.74, 6) is -29.2. The van der Waals surface area contributed by atoms with Gasteiger partial charge in [-0.3, -0.25) is 0 Å². The number of halogens is 8. The van der Waals surface area contributed by atoms with E-state index in [1.165, 1.54) is 0 Å². The van der Waals surface area contributed by atoms with Crippen LogP contribution in [0.2, 0.25) is 0 Å². The quantitative estimate of drug-likeness (QED) is 0.708. The van der Waals surface area contributed by atoms with Gasteiger partial charge in [0.2, 0.25) is 0 Å². The van der Waals surface area contributed by atoms with Gasteiger partial charge in [-0.15, -0.1) is 0 Å². The molecule has 1 fully saturated rings. The second-order valence-corrected chi connectivity index (χ2v) is 3.41. The zero-order valence-corrected chi connectivity index (χ0v) is 7.46. The molecule has 0 saturated heterocycles. The molecular formula is C6H3F8NO2. The molecule has 1 saturated carbocycles. The van der Waals surface area contributed by atoms with Crippen molar-refractivity contribution in [1.82, 2.24) is 0 Å². The molecule has 1 aliphatic carbocycles. The van der Waals surface area contributed by atoms with Crippen LogP contribution in [0.4, 0.5) is 35.1 Å². The molecule has 0 radical (unpaired) electrons. The van der Waals surface area contributed by atoms with E-state index in [0.29, 0.717) is 0 Å². The molecule has 1 aliphatic rings. The number of hydrogen-bond donors (Lipinski definition) is 2. The molecule has 0 spiro atoms. The highest BCUT2D eigenvalue weighted by Crippen LogP contribution is 2.66. The van der Waals surface area contributed by atoms with Crippen LogP contribution >= 0.6 is 0 Å². The van der Waals surface area contributed by atoms with Crippen LogP contribution in [0.3, 0.4) is 0 Å². The predicted octanol–water partition coefficient (Wildman–Crippen LogP) is 1.32. The van der Waals surface area contributed by atoms with Crippen LogP contribution in [0.5, 0.6) is 0 Å². The predicted molar refractivity (Wildman–Crippen MR) is 34.3 cm³/mol. The molecule has 0 aliphatic heterocycles. The van der Waals surface area contributed by atoms with E-state index < -0.39 is 35.2 Å². The van der Waals surface area contributed by atoms with E-state index in [2.05, 4.69) is 5.73 Å². The normalized spacial score (nSPS) is 31.1. The summed E-state index contributed by atoms with van der Waals surface area (Å²) >= 11 is 0. The Kier molecular flexibility index (Phi) is 2.31. The first-order valence-corrected chi connectivity index (χ1v) is 3.73. The smallest absolute Gasteiger partial charge is 0.381 e. The average molecular weight is 273 g/mol. The van der Waals surface area contributed by atoms with Gasteiger partial charge in [-0.05, 0) is 0 Å². The number of rotatable bonds is 1. The van der Waals surface area contributed by atoms with E-state index in [1.807, 2.05) is 0 Å². The minimum atomic E-state index is -6.59. The second-order valence-electron chi connectivity index (χ2n) is 3.41. The van der Waals surface area contributed by atoms with Gasteiger partial charge in [0.15, 0.2) is 0 Å². The zero-order chi connectivity index (χ0) is 14.1. The van der Waals surface area contributed by atoms with Gasteiger partial charge in [0.05, 0.1) is 0 Å². The van der Waals surface area contributed by atoms with Crippen molar-refractivity contribution < 1.29 is 45.0 Å². The molecule has 3 N–H and O–H groups in total. The largest absolute Gasteiger partial charge is 0.480 e. The lowest BCUT2D eigenvalue weighted by Crippen LogP contribution is -2.69. The molecule has 0 aromatic heterocycles. The fraction of sp³-hybridized carbons (Fsp3) is 0.833. The van der Waals surface area contributed by atoms with Gasteiger partial charge >= 0.3 is 29.7 Å². The summed E-state index contributed by atoms with van der Waals surface area (Å²) in [4.78, 5) is 10.2. The minimum Gasteiger partial charge on any atom is -0.480 e. The van der Waals surface area contributed by atoms with Gasteiger partial charge in [-0.1, -0.05) is 0 Å². The fourth-order valence-electron chi connectivity index (χ4n) is 1.36. The Morgan fingerprint density at radius 3 is 1.12 bits per heavy atom. The number of hydrogen-bond acceptors (Lipinski definition) is 2. The SMILES string of the molecule is NC1(C(=O)O)C(F)(F)C(F)(F)C(F)(F)C1(F)F. The van der Waals surface area contributed by atoms with Gasteiger partial charge in [0.25, 0.3) is 5.54 Å². The molecule has 0 aromatic carbocycles. The first kappa shape index (κ1) is 13.9. The van der Waals surface area contributed by atoms with Crippen LogP contribution in [-0.4, -0.2) is 40.3 Å². The Morgan fingerprint density at radius 2 is 1.00 bits per heavy atom. The molecule has 0 heterocycles. The summed E-state index contributed by atoms with van der Waals surface area (Å²) in [6, 6.07) is 0. The molecule has 100 valence electrons. The third-order valence-electron chi connectivity index (χ3n) is 2.51. The van der Waals surface area contributed by atoms with Crippen LogP contribution in [0.1, 0.15) is 0 Å². The highest BCUT2D eigenvalue weighted by Gasteiger charge is 3.00. The summed E-state index contributed by atoms with van der Waals surface area (Å²) in [5, 5.41) is 8.06. The topological polar surface area (TPSA) is 63.3 Å². The molecule has 0 amide bonds. The molecule has 11 heteroatoms. The molecule has 0 unspecified atom stereocenters. The zero-order valence-electron chi connectivity index (χ0n) is 7.46. The van der Waals surface area contributed by atoms with Crippen molar-refractivity contribution in [3.05, 3.63) is 0 Å². The third kappa shape index (κ3) is 0.990. The number of alkyl halides is 8. The molecule has 0 bridgehead atoms. The Balaban J connectivity index is 3.71. The van der Waals surface area contributed by atoms with Gasteiger partial charge in [-0.2, -0.15) is 35.1 Å². The summed E-state index contributed by atoms with van der Waals surface area (Å²) in [7, 11) is 0. The molecule has 1 rings (SSSR count). The van der Waals surface area contributed by atoms with Crippen molar-refractivity contribution in [2.45, 2.75) is 29.2 Å². The third-order valence-corrected chi connectivity index (χ3v) is 2.51. The number of carbonyl (C=O) groups is 1. The van der Waals surface area contributed by atoms with Gasteiger partial charge in [-0.25, -0.2) is 4.79 Å². The van der Waals surface area contributed by atoms with E-state index in [4.69, 9.17) is 5.11 Å². The first-order valence-electron chi connectivity index (χ1n) is 3.73. The summed E-state index contributed by atoms with van der Waals surface area (Å²) in [6.45, 7) is 0. The lowest BCUT2D eigenvalue weighted by Gasteiger charge is -2.30. The summed E-state index contributed by atoms with van der Waals surface area (Å²) in [6.07, 6.45) is 0. The van der Waals surface area contributed by atoms with Gasteiger partial charge in [0.1, 0.15) is 0 Å². The molecule has 17 heavy (non-hydrogen) atoms. The first-order chi connectivity index (χ1) is 7.19.